The summed E-state index contributed by atoms with van der Waals surface area (Å²) < 4.78 is 22.9. The van der Waals surface area contributed by atoms with Gasteiger partial charge >= 0.3 is 0 Å². The largest absolute Gasteiger partial charge is 0.318 e. The Kier molecular flexibility index (Phi) is 4.54. The van der Waals surface area contributed by atoms with E-state index in [0.717, 1.165) is 6.07 Å². The Morgan fingerprint density at radius 3 is 2.62 bits per heavy atom. The van der Waals surface area contributed by atoms with Gasteiger partial charge in [-0.25, -0.2) is 18.5 Å². The number of hydrogen-bond acceptors (Lipinski definition) is 5. The number of carbonyl (C=O) groups excluding carboxylic acids is 1. The molecule has 0 aliphatic rings. The second kappa shape index (κ2) is 5.90. The van der Waals surface area contributed by atoms with Crippen LogP contribution in [-0.2, 0) is 10.0 Å². The molecule has 10 heteroatoms. The quantitative estimate of drug-likeness (QED) is 0.872. The molecule has 1 aromatic carbocycles. The lowest BCUT2D eigenvalue weighted by Gasteiger charge is -2.13. The number of nitrogens with zero attached hydrogens (tertiary/aromatic N) is 1. The molecule has 0 unspecified atom stereocenters. The number of nitrogens with two attached hydrogens (primary N) is 1. The number of halogens is 2. The molecule has 0 spiro atoms. The minimum Gasteiger partial charge on any atom is -0.318 e. The molecule has 0 aliphatic carbocycles. The number of benzene rings is 1. The van der Waals surface area contributed by atoms with Gasteiger partial charge in [-0.05, 0) is 18.6 Å². The van der Waals surface area contributed by atoms with Crippen LogP contribution < -0.4 is 10.5 Å². The highest BCUT2D eigenvalue weighted by Crippen LogP contribution is 2.37. The van der Waals surface area contributed by atoms with Crippen molar-refractivity contribution in [1.29, 1.82) is 0 Å². The molecule has 3 N–H and O–H groups in total. The standard InChI is InChI=1S/C11H9Cl2N3O3S2/c1-5-8(21(14,18)19)2-6(12)10(9(5)13)16-11(17)7-3-20-4-15-7/h2-4H,1H3,(H,16,17)(H2,14,18,19). The van der Waals surface area contributed by atoms with Crippen molar-refractivity contribution in [1.82, 2.24) is 4.98 Å². The minimum absolute atomic E-state index is 0.00936. The van der Waals surface area contributed by atoms with Gasteiger partial charge in [0.15, 0.2) is 0 Å². The van der Waals surface area contributed by atoms with E-state index >= 15 is 0 Å². The van der Waals surface area contributed by atoms with Crippen molar-refractivity contribution in [3.05, 3.63) is 38.3 Å². The van der Waals surface area contributed by atoms with Gasteiger partial charge in [0, 0.05) is 5.38 Å². The van der Waals surface area contributed by atoms with E-state index in [4.69, 9.17) is 28.3 Å². The van der Waals surface area contributed by atoms with Gasteiger partial charge in [0.1, 0.15) is 5.69 Å². The molecule has 1 heterocycles. The van der Waals surface area contributed by atoms with Gasteiger partial charge in [0.25, 0.3) is 5.91 Å². The lowest BCUT2D eigenvalue weighted by atomic mass is 10.2. The first kappa shape index (κ1) is 16.2. The Morgan fingerprint density at radius 1 is 1.43 bits per heavy atom. The molecular formula is C11H9Cl2N3O3S2. The average Bonchev–Trinajstić information content (AvgIpc) is 2.91. The number of nitrogens with one attached hydrogen (secondary N) is 1. The van der Waals surface area contributed by atoms with Gasteiger partial charge < -0.3 is 5.32 Å². The summed E-state index contributed by atoms with van der Waals surface area (Å²) in [5.41, 5.74) is 2.03. The van der Waals surface area contributed by atoms with Crippen LogP contribution in [0.15, 0.2) is 21.9 Å². The Bertz CT molecular complexity index is 805. The summed E-state index contributed by atoms with van der Waals surface area (Å²) in [4.78, 5) is 15.6. The second-order valence-electron chi connectivity index (χ2n) is 4.04. The van der Waals surface area contributed by atoms with Crippen LogP contribution in [0, 0.1) is 6.92 Å². The first-order valence-corrected chi connectivity index (χ1v) is 8.67. The van der Waals surface area contributed by atoms with Gasteiger partial charge in [0.2, 0.25) is 10.0 Å². The van der Waals surface area contributed by atoms with Crippen LogP contribution >= 0.6 is 34.5 Å². The lowest BCUT2D eigenvalue weighted by Crippen LogP contribution is -2.16. The third kappa shape index (κ3) is 3.35. The fraction of sp³-hybridized carbons (Fsp3) is 0.0909. The predicted octanol–water partition coefficient (Wildman–Crippen LogP) is 2.66. The van der Waals surface area contributed by atoms with Gasteiger partial charge in [-0.3, -0.25) is 4.79 Å². The number of rotatable bonds is 3. The van der Waals surface area contributed by atoms with Crippen LogP contribution in [-0.4, -0.2) is 19.3 Å². The lowest BCUT2D eigenvalue weighted by molar-refractivity contribution is 0.102. The van der Waals surface area contributed by atoms with E-state index in [2.05, 4.69) is 10.3 Å². The Balaban J connectivity index is 2.47. The first-order valence-electron chi connectivity index (χ1n) is 5.42. The van der Waals surface area contributed by atoms with Crippen molar-refractivity contribution in [3.8, 4) is 0 Å². The molecule has 6 nitrogen and oxygen atoms in total. The summed E-state index contributed by atoms with van der Waals surface area (Å²) in [5, 5.41) is 9.13. The van der Waals surface area contributed by atoms with Crippen LogP contribution in [0.1, 0.15) is 16.1 Å². The Morgan fingerprint density at radius 2 is 2.10 bits per heavy atom. The minimum atomic E-state index is -3.96. The van der Waals surface area contributed by atoms with Crippen LogP contribution in [0.3, 0.4) is 0 Å². The van der Waals surface area contributed by atoms with Crippen LogP contribution in [0.5, 0.6) is 0 Å². The maximum atomic E-state index is 11.9. The molecule has 0 fully saturated rings. The molecule has 0 saturated carbocycles. The fourth-order valence-electron chi connectivity index (χ4n) is 1.61. The fourth-order valence-corrected chi connectivity index (χ4v) is 3.62. The third-order valence-corrected chi connectivity index (χ3v) is 5.02. The highest BCUT2D eigenvalue weighted by molar-refractivity contribution is 7.89. The smallest absolute Gasteiger partial charge is 0.275 e. The number of primary sulfonamides is 1. The van der Waals surface area contributed by atoms with Crippen molar-refractivity contribution >= 4 is 56.2 Å². The number of carbonyl (C=O) groups is 1. The number of sulfonamides is 1. The summed E-state index contributed by atoms with van der Waals surface area (Å²) in [7, 11) is -3.96. The topological polar surface area (TPSA) is 102 Å². The predicted molar refractivity (Wildman–Crippen MR) is 82.6 cm³/mol. The van der Waals surface area contributed by atoms with E-state index in [1.165, 1.54) is 23.8 Å². The molecule has 0 atom stereocenters. The molecule has 0 bridgehead atoms. The van der Waals surface area contributed by atoms with Crippen LogP contribution in [0.25, 0.3) is 0 Å². The summed E-state index contributed by atoms with van der Waals surface area (Å²) in [5.74, 6) is -0.497. The zero-order valence-corrected chi connectivity index (χ0v) is 13.7. The summed E-state index contributed by atoms with van der Waals surface area (Å²) in [6.07, 6.45) is 0. The number of anilines is 1. The van der Waals surface area contributed by atoms with Crippen molar-refractivity contribution < 1.29 is 13.2 Å². The van der Waals surface area contributed by atoms with Gasteiger partial charge in [0.05, 0.1) is 26.1 Å². The van der Waals surface area contributed by atoms with E-state index in [9.17, 15) is 13.2 Å². The normalized spacial score (nSPS) is 11.4. The van der Waals surface area contributed by atoms with E-state index in [-0.39, 0.29) is 31.9 Å². The summed E-state index contributed by atoms with van der Waals surface area (Å²) in [6, 6.07) is 1.15. The van der Waals surface area contributed by atoms with E-state index in [1.807, 2.05) is 0 Å². The number of thiazole rings is 1. The first-order chi connectivity index (χ1) is 9.71. The molecule has 0 aliphatic heterocycles. The maximum Gasteiger partial charge on any atom is 0.275 e. The summed E-state index contributed by atoms with van der Waals surface area (Å²) in [6.45, 7) is 1.47. The van der Waals surface area contributed by atoms with Gasteiger partial charge in [-0.2, -0.15) is 0 Å². The van der Waals surface area contributed by atoms with Crippen molar-refractivity contribution in [2.45, 2.75) is 11.8 Å². The third-order valence-electron chi connectivity index (χ3n) is 2.62. The molecule has 112 valence electrons. The molecule has 2 rings (SSSR count). The average molecular weight is 366 g/mol. The highest BCUT2D eigenvalue weighted by Gasteiger charge is 2.21. The van der Waals surface area contributed by atoms with E-state index in [0.29, 0.717) is 0 Å². The van der Waals surface area contributed by atoms with Crippen LogP contribution in [0.4, 0.5) is 5.69 Å². The molecule has 0 radical (unpaired) electrons. The van der Waals surface area contributed by atoms with Gasteiger partial charge in [-0.15, -0.1) is 11.3 Å². The molecule has 0 saturated heterocycles. The Hall–Kier alpha value is -1.19. The molecule has 2 aromatic rings. The molecule has 21 heavy (non-hydrogen) atoms. The second-order valence-corrected chi connectivity index (χ2v) is 7.08. The summed E-state index contributed by atoms with van der Waals surface area (Å²) >= 11 is 13.3. The number of hydrogen-bond donors (Lipinski definition) is 2. The number of amides is 1. The Labute approximate surface area is 134 Å². The van der Waals surface area contributed by atoms with Crippen molar-refractivity contribution in [2.75, 3.05) is 5.32 Å². The zero-order valence-electron chi connectivity index (χ0n) is 10.6. The SMILES string of the molecule is Cc1c(S(N)(=O)=O)cc(Cl)c(NC(=O)c2cscn2)c1Cl. The molecular weight excluding hydrogens is 357 g/mol. The van der Waals surface area contributed by atoms with E-state index < -0.39 is 15.9 Å². The van der Waals surface area contributed by atoms with E-state index in [1.54, 1.807) is 5.38 Å². The molecule has 1 aromatic heterocycles. The van der Waals surface area contributed by atoms with Crippen molar-refractivity contribution in [2.24, 2.45) is 5.14 Å². The molecule has 1 amide bonds. The van der Waals surface area contributed by atoms with Crippen molar-refractivity contribution in [3.63, 3.8) is 0 Å². The number of aromatic nitrogens is 1. The van der Waals surface area contributed by atoms with Gasteiger partial charge in [-0.1, -0.05) is 23.2 Å². The highest BCUT2D eigenvalue weighted by atomic mass is 35.5. The van der Waals surface area contributed by atoms with Crippen LogP contribution in [0.2, 0.25) is 10.0 Å². The monoisotopic (exact) mass is 365 g/mol. The zero-order chi connectivity index (χ0) is 15.8. The maximum absolute atomic E-state index is 11.9.